The van der Waals surface area contributed by atoms with Crippen LogP contribution in [0.2, 0.25) is 5.02 Å². The maximum atomic E-state index is 12.2. The van der Waals surface area contributed by atoms with Gasteiger partial charge in [-0.05, 0) is 55.8 Å². The Morgan fingerprint density at radius 3 is 2.48 bits per heavy atom. The third-order valence-corrected chi connectivity index (χ3v) is 4.80. The first kappa shape index (κ1) is 17.8. The molecule has 0 saturated carbocycles. The van der Waals surface area contributed by atoms with Crippen LogP contribution in [0.4, 0.5) is 11.4 Å². The number of rotatable bonds is 6. The number of likely N-dealkylation sites (N-methyl/N-ethyl adjacent to an activating group) is 1. The molecule has 0 radical (unpaired) electrons. The van der Waals surface area contributed by atoms with Gasteiger partial charge in [-0.2, -0.15) is 0 Å². The normalized spacial score (nSPS) is 14.1. The molecule has 2 aromatic carbocycles. The Morgan fingerprint density at radius 1 is 1.12 bits per heavy atom. The summed E-state index contributed by atoms with van der Waals surface area (Å²) in [6.45, 7) is 3.21. The third kappa shape index (κ3) is 4.97. The second kappa shape index (κ2) is 8.37. The summed E-state index contributed by atoms with van der Waals surface area (Å²) in [6.07, 6.45) is 2.52. The summed E-state index contributed by atoms with van der Waals surface area (Å²) in [5.41, 5.74) is 3.08. The minimum Gasteiger partial charge on any atom is -0.372 e. The summed E-state index contributed by atoms with van der Waals surface area (Å²) in [5.74, 6) is -0.0246. The first-order valence-electron chi connectivity index (χ1n) is 8.68. The van der Waals surface area contributed by atoms with Crippen LogP contribution in [0.15, 0.2) is 48.5 Å². The van der Waals surface area contributed by atoms with E-state index >= 15 is 0 Å². The highest BCUT2D eigenvalue weighted by molar-refractivity contribution is 6.31. The van der Waals surface area contributed by atoms with E-state index in [0.717, 1.165) is 29.4 Å². The van der Waals surface area contributed by atoms with Gasteiger partial charge in [0.05, 0.1) is 6.54 Å². The average molecular weight is 358 g/mol. The van der Waals surface area contributed by atoms with Gasteiger partial charge in [0.25, 0.3) is 0 Å². The standard InChI is InChI=1S/C20H24ClN3O/c1-23(14-16-6-2-3-7-19(16)21)15-20(25)22-17-8-10-18(11-9-17)24-12-4-5-13-24/h2-3,6-11H,4-5,12-15H2,1H3,(H,22,25). The molecule has 0 aromatic heterocycles. The van der Waals surface area contributed by atoms with Gasteiger partial charge in [0.2, 0.25) is 5.91 Å². The lowest BCUT2D eigenvalue weighted by atomic mass is 10.2. The van der Waals surface area contributed by atoms with Crippen LogP contribution in [0.1, 0.15) is 18.4 Å². The van der Waals surface area contributed by atoms with Crippen LogP contribution in [0, 0.1) is 0 Å². The number of carbonyl (C=O) groups is 1. The van der Waals surface area contributed by atoms with E-state index in [9.17, 15) is 4.79 Å². The van der Waals surface area contributed by atoms with Crippen LogP contribution >= 0.6 is 11.6 Å². The molecule has 2 aromatic rings. The fourth-order valence-electron chi connectivity index (χ4n) is 3.15. The highest BCUT2D eigenvalue weighted by Gasteiger charge is 2.13. The van der Waals surface area contributed by atoms with E-state index in [-0.39, 0.29) is 5.91 Å². The summed E-state index contributed by atoms with van der Waals surface area (Å²) in [6, 6.07) is 15.8. The Kier molecular flexibility index (Phi) is 5.95. The van der Waals surface area contributed by atoms with Crippen molar-refractivity contribution in [1.82, 2.24) is 4.90 Å². The minimum absolute atomic E-state index is 0.0246. The maximum absolute atomic E-state index is 12.2. The molecule has 1 heterocycles. The molecule has 4 nitrogen and oxygen atoms in total. The Morgan fingerprint density at radius 2 is 1.80 bits per heavy atom. The predicted molar refractivity (Wildman–Crippen MR) is 104 cm³/mol. The van der Waals surface area contributed by atoms with Gasteiger partial charge in [-0.15, -0.1) is 0 Å². The third-order valence-electron chi connectivity index (χ3n) is 4.43. The topological polar surface area (TPSA) is 35.6 Å². The summed E-state index contributed by atoms with van der Waals surface area (Å²) < 4.78 is 0. The molecule has 0 spiro atoms. The van der Waals surface area contributed by atoms with Gasteiger partial charge in [0, 0.05) is 36.0 Å². The van der Waals surface area contributed by atoms with Crippen LogP contribution < -0.4 is 10.2 Å². The molecule has 1 saturated heterocycles. The van der Waals surface area contributed by atoms with E-state index in [4.69, 9.17) is 11.6 Å². The minimum atomic E-state index is -0.0246. The van der Waals surface area contributed by atoms with Gasteiger partial charge in [-0.25, -0.2) is 0 Å². The van der Waals surface area contributed by atoms with E-state index < -0.39 is 0 Å². The van der Waals surface area contributed by atoms with Crippen LogP contribution in [-0.2, 0) is 11.3 Å². The molecule has 1 N–H and O–H groups in total. The number of hydrogen-bond acceptors (Lipinski definition) is 3. The van der Waals surface area contributed by atoms with E-state index in [1.54, 1.807) is 0 Å². The van der Waals surface area contributed by atoms with Crippen molar-refractivity contribution in [1.29, 1.82) is 0 Å². The monoisotopic (exact) mass is 357 g/mol. The number of amides is 1. The number of carbonyl (C=O) groups excluding carboxylic acids is 1. The Bertz CT molecular complexity index is 711. The van der Waals surface area contributed by atoms with Gasteiger partial charge < -0.3 is 10.2 Å². The SMILES string of the molecule is CN(CC(=O)Nc1ccc(N2CCCC2)cc1)Cc1ccccc1Cl. The molecule has 1 fully saturated rings. The molecule has 5 heteroatoms. The molecule has 0 atom stereocenters. The molecule has 1 aliphatic heterocycles. The number of nitrogens with zero attached hydrogens (tertiary/aromatic N) is 2. The summed E-state index contributed by atoms with van der Waals surface area (Å²) in [7, 11) is 1.92. The fraction of sp³-hybridized carbons (Fsp3) is 0.350. The Labute approximate surface area is 154 Å². The van der Waals surface area contributed by atoms with Gasteiger partial charge >= 0.3 is 0 Å². The van der Waals surface area contributed by atoms with Crippen molar-refractivity contribution in [2.45, 2.75) is 19.4 Å². The number of benzene rings is 2. The second-order valence-electron chi connectivity index (χ2n) is 6.55. The fourth-order valence-corrected chi connectivity index (χ4v) is 3.35. The van der Waals surface area contributed by atoms with Crippen molar-refractivity contribution in [2.75, 3.05) is 36.9 Å². The summed E-state index contributed by atoms with van der Waals surface area (Å²) >= 11 is 6.17. The number of nitrogens with one attached hydrogen (secondary N) is 1. The van der Waals surface area contributed by atoms with Crippen LogP contribution in [0.3, 0.4) is 0 Å². The summed E-state index contributed by atoms with van der Waals surface area (Å²) in [5, 5.41) is 3.69. The molecule has 3 rings (SSSR count). The van der Waals surface area contributed by atoms with Crippen molar-refractivity contribution >= 4 is 28.9 Å². The van der Waals surface area contributed by atoms with Crippen LogP contribution in [0.5, 0.6) is 0 Å². The predicted octanol–water partition coefficient (Wildman–Crippen LogP) is 4.01. The number of halogens is 1. The molecule has 25 heavy (non-hydrogen) atoms. The maximum Gasteiger partial charge on any atom is 0.238 e. The zero-order chi connectivity index (χ0) is 17.6. The second-order valence-corrected chi connectivity index (χ2v) is 6.96. The first-order valence-corrected chi connectivity index (χ1v) is 9.06. The highest BCUT2D eigenvalue weighted by Crippen LogP contribution is 2.22. The van der Waals surface area contributed by atoms with Crippen molar-refractivity contribution in [2.24, 2.45) is 0 Å². The van der Waals surface area contributed by atoms with Gasteiger partial charge in [0.1, 0.15) is 0 Å². The largest absolute Gasteiger partial charge is 0.372 e. The zero-order valence-electron chi connectivity index (χ0n) is 14.5. The van der Waals surface area contributed by atoms with E-state index in [2.05, 4.69) is 22.3 Å². The highest BCUT2D eigenvalue weighted by atomic mass is 35.5. The quantitative estimate of drug-likeness (QED) is 0.848. The zero-order valence-corrected chi connectivity index (χ0v) is 15.3. The molecular formula is C20H24ClN3O. The molecule has 0 unspecified atom stereocenters. The average Bonchev–Trinajstić information content (AvgIpc) is 3.12. The van der Waals surface area contributed by atoms with Crippen molar-refractivity contribution in [3.8, 4) is 0 Å². The Balaban J connectivity index is 1.50. The molecule has 0 bridgehead atoms. The molecule has 1 amide bonds. The molecular weight excluding hydrogens is 334 g/mol. The van der Waals surface area contributed by atoms with Crippen molar-refractivity contribution < 1.29 is 4.79 Å². The molecule has 0 aliphatic carbocycles. The molecule has 132 valence electrons. The van der Waals surface area contributed by atoms with Gasteiger partial charge in [-0.3, -0.25) is 9.69 Å². The lowest BCUT2D eigenvalue weighted by Gasteiger charge is -2.19. The lowest BCUT2D eigenvalue weighted by molar-refractivity contribution is -0.117. The van der Waals surface area contributed by atoms with E-state index in [1.807, 2.05) is 48.3 Å². The van der Waals surface area contributed by atoms with Crippen molar-refractivity contribution in [3.63, 3.8) is 0 Å². The first-order chi connectivity index (χ1) is 12.1. The number of hydrogen-bond donors (Lipinski definition) is 1. The van der Waals surface area contributed by atoms with E-state index in [1.165, 1.54) is 18.5 Å². The van der Waals surface area contributed by atoms with Gasteiger partial charge in [0.15, 0.2) is 0 Å². The smallest absolute Gasteiger partial charge is 0.238 e. The Hall–Kier alpha value is -2.04. The number of anilines is 2. The van der Waals surface area contributed by atoms with Crippen LogP contribution in [-0.4, -0.2) is 37.5 Å². The lowest BCUT2D eigenvalue weighted by Crippen LogP contribution is -2.29. The van der Waals surface area contributed by atoms with Crippen LogP contribution in [0.25, 0.3) is 0 Å². The van der Waals surface area contributed by atoms with E-state index in [0.29, 0.717) is 13.1 Å². The summed E-state index contributed by atoms with van der Waals surface area (Å²) in [4.78, 5) is 16.6. The molecule has 1 aliphatic rings. The van der Waals surface area contributed by atoms with Gasteiger partial charge in [-0.1, -0.05) is 29.8 Å². The van der Waals surface area contributed by atoms with Crippen molar-refractivity contribution in [3.05, 3.63) is 59.1 Å².